The Balaban J connectivity index is 4.03. The first-order valence-corrected chi connectivity index (χ1v) is 14.1. The summed E-state index contributed by atoms with van der Waals surface area (Å²) < 4.78 is 25.7. The number of hydrogen-bond acceptors (Lipinski definition) is 7. The lowest BCUT2D eigenvalue weighted by atomic mass is 10.1. The third-order valence-corrected chi connectivity index (χ3v) is 5.61. The molecule has 0 amide bonds. The molecule has 0 aromatic rings. The summed E-state index contributed by atoms with van der Waals surface area (Å²) in [6, 6.07) is 0. The maximum absolute atomic E-state index is 11.8. The minimum absolute atomic E-state index is 0.0458. The van der Waals surface area contributed by atoms with Crippen LogP contribution in [0.3, 0.4) is 0 Å². The number of ether oxygens (including phenoxy) is 1. The largest absolute Gasteiger partial charge is 0.472 e. The number of aliphatic hydroxyl groups excluding tert-OH is 1. The van der Waals surface area contributed by atoms with Gasteiger partial charge in [0.25, 0.3) is 0 Å². The lowest BCUT2D eigenvalue weighted by Gasteiger charge is -2.17. The highest BCUT2D eigenvalue weighted by atomic mass is 31.2. The van der Waals surface area contributed by atoms with Crippen LogP contribution in [0.2, 0.25) is 0 Å². The summed E-state index contributed by atoms with van der Waals surface area (Å²) in [6.07, 6.45) is 31.0. The van der Waals surface area contributed by atoms with Gasteiger partial charge in [0.1, 0.15) is 6.10 Å². The molecule has 0 radical (unpaired) electrons. The summed E-state index contributed by atoms with van der Waals surface area (Å²) >= 11 is 0. The van der Waals surface area contributed by atoms with Gasteiger partial charge in [-0.1, -0.05) is 112 Å². The molecular formula is C27H44NO7P. The van der Waals surface area contributed by atoms with Crippen molar-refractivity contribution in [1.29, 1.82) is 0 Å². The highest BCUT2D eigenvalue weighted by Gasteiger charge is 2.24. The van der Waals surface area contributed by atoms with Crippen molar-refractivity contribution in [3.63, 3.8) is 0 Å². The van der Waals surface area contributed by atoms with Crippen LogP contribution in [0.15, 0.2) is 72.9 Å². The number of rotatable bonds is 22. The minimum Gasteiger partial charge on any atom is -0.454 e. The molecule has 0 aromatic carbocycles. The van der Waals surface area contributed by atoms with Crippen LogP contribution in [-0.2, 0) is 23.1 Å². The van der Waals surface area contributed by atoms with Crippen molar-refractivity contribution < 1.29 is 33.1 Å². The van der Waals surface area contributed by atoms with Crippen molar-refractivity contribution in [2.24, 2.45) is 5.73 Å². The smallest absolute Gasteiger partial charge is 0.454 e. The molecule has 0 aliphatic carbocycles. The summed E-state index contributed by atoms with van der Waals surface area (Å²) in [5.74, 6) is -0.730. The normalized spacial score (nSPS) is 15.3. The minimum atomic E-state index is -4.31. The number of nitrogens with two attached hydrogens (primary N) is 1. The number of aliphatic hydroxyl groups is 1. The lowest BCUT2D eigenvalue weighted by molar-refractivity contribution is -0.147. The van der Waals surface area contributed by atoms with Gasteiger partial charge in [0.05, 0.1) is 19.8 Å². The first-order valence-electron chi connectivity index (χ1n) is 12.6. The molecule has 36 heavy (non-hydrogen) atoms. The highest BCUT2D eigenvalue weighted by Crippen LogP contribution is 2.42. The molecule has 0 aliphatic heterocycles. The zero-order chi connectivity index (χ0) is 26.7. The van der Waals surface area contributed by atoms with E-state index in [0.717, 1.165) is 12.5 Å². The highest BCUT2D eigenvalue weighted by molar-refractivity contribution is 7.47. The van der Waals surface area contributed by atoms with Gasteiger partial charge in [-0.15, -0.1) is 0 Å². The Bertz CT molecular complexity index is 772. The van der Waals surface area contributed by atoms with E-state index in [-0.39, 0.29) is 13.2 Å². The predicted octanol–water partition coefficient (Wildman–Crippen LogP) is 5.46. The molecule has 0 heterocycles. The predicted molar refractivity (Wildman–Crippen MR) is 145 cm³/mol. The van der Waals surface area contributed by atoms with E-state index < -0.39 is 33.1 Å². The van der Waals surface area contributed by atoms with Gasteiger partial charge < -0.3 is 20.5 Å². The summed E-state index contributed by atoms with van der Waals surface area (Å²) in [6.45, 7) is 1.05. The second-order valence-corrected chi connectivity index (χ2v) is 9.32. The van der Waals surface area contributed by atoms with Gasteiger partial charge in [-0.3, -0.25) is 9.05 Å². The van der Waals surface area contributed by atoms with Crippen molar-refractivity contribution in [3.8, 4) is 0 Å². The van der Waals surface area contributed by atoms with Gasteiger partial charge in [-0.2, -0.15) is 0 Å². The number of allylic oxidation sites excluding steroid dienone is 11. The fraction of sp³-hybridized carbons (Fsp3) is 0.519. The SMILES string of the molecule is CCCCCCCCCC=CC=CC=CC=CC=CC=CC(=O)O[C@@H](CO)COP(=O)(O)OCCN. The fourth-order valence-corrected chi connectivity index (χ4v) is 3.52. The quantitative estimate of drug-likeness (QED) is 0.0559. The van der Waals surface area contributed by atoms with E-state index in [4.69, 9.17) is 10.5 Å². The van der Waals surface area contributed by atoms with E-state index in [1.165, 1.54) is 51.0 Å². The van der Waals surface area contributed by atoms with Crippen LogP contribution in [-0.4, -0.2) is 48.4 Å². The summed E-state index contributed by atoms with van der Waals surface area (Å²) in [4.78, 5) is 21.2. The van der Waals surface area contributed by atoms with Gasteiger partial charge in [0.2, 0.25) is 0 Å². The van der Waals surface area contributed by atoms with Crippen molar-refractivity contribution in [1.82, 2.24) is 0 Å². The van der Waals surface area contributed by atoms with Crippen LogP contribution in [0.25, 0.3) is 0 Å². The number of hydrogen-bond donors (Lipinski definition) is 3. The molecule has 0 aromatic heterocycles. The Morgan fingerprint density at radius 2 is 1.42 bits per heavy atom. The molecule has 204 valence electrons. The molecule has 2 atom stereocenters. The summed E-state index contributed by atoms with van der Waals surface area (Å²) in [5, 5.41) is 9.23. The molecule has 0 fully saturated rings. The number of phosphoric acid groups is 1. The number of phosphoric ester groups is 1. The Kier molecular flexibility index (Phi) is 23.2. The van der Waals surface area contributed by atoms with Gasteiger partial charge in [-0.25, -0.2) is 9.36 Å². The molecule has 0 aliphatic rings. The van der Waals surface area contributed by atoms with E-state index in [1.807, 2.05) is 30.4 Å². The van der Waals surface area contributed by atoms with Gasteiger partial charge in [-0.05, 0) is 12.8 Å². The molecule has 0 saturated carbocycles. The van der Waals surface area contributed by atoms with E-state index in [9.17, 15) is 19.4 Å². The zero-order valence-electron chi connectivity index (χ0n) is 21.5. The third-order valence-electron chi connectivity index (χ3n) is 4.63. The third kappa shape index (κ3) is 23.7. The number of carbonyl (C=O) groups excluding carboxylic acids is 1. The van der Waals surface area contributed by atoms with Crippen LogP contribution in [0.4, 0.5) is 0 Å². The summed E-state index contributed by atoms with van der Waals surface area (Å²) in [5.41, 5.74) is 5.18. The monoisotopic (exact) mass is 525 g/mol. The first-order chi connectivity index (χ1) is 17.4. The van der Waals surface area contributed by atoms with Crippen molar-refractivity contribution >= 4 is 13.8 Å². The number of esters is 1. The van der Waals surface area contributed by atoms with Crippen LogP contribution in [0.5, 0.6) is 0 Å². The second-order valence-electron chi connectivity index (χ2n) is 7.86. The average Bonchev–Trinajstić information content (AvgIpc) is 2.86. The molecule has 4 N–H and O–H groups in total. The lowest BCUT2D eigenvalue weighted by Crippen LogP contribution is -2.26. The second kappa shape index (κ2) is 24.6. The van der Waals surface area contributed by atoms with E-state index in [0.29, 0.717) is 0 Å². The van der Waals surface area contributed by atoms with Crippen LogP contribution in [0.1, 0.15) is 58.3 Å². The maximum Gasteiger partial charge on any atom is 0.472 e. The molecular weight excluding hydrogens is 481 g/mol. The molecule has 1 unspecified atom stereocenters. The van der Waals surface area contributed by atoms with E-state index in [2.05, 4.69) is 28.1 Å². The van der Waals surface area contributed by atoms with Crippen molar-refractivity contribution in [3.05, 3.63) is 72.9 Å². The standard InChI is InChI=1S/C27H44NO7P/c1-2-3-4-5-6-7-8-9-10-11-12-13-14-15-16-17-18-19-20-21-27(30)35-26(24-29)25-34-36(31,32)33-23-22-28/h10-21,26,29H,2-9,22-25,28H2,1H3,(H,31,32)/t26-/m0/s1. The Labute approximate surface area is 216 Å². The first kappa shape index (κ1) is 33.9. The van der Waals surface area contributed by atoms with E-state index in [1.54, 1.807) is 18.2 Å². The Morgan fingerprint density at radius 3 is 2.00 bits per heavy atom. The number of unbranched alkanes of at least 4 members (excludes halogenated alkanes) is 7. The van der Waals surface area contributed by atoms with Gasteiger partial charge in [0, 0.05) is 12.6 Å². The Hall–Kier alpha value is -2.06. The summed E-state index contributed by atoms with van der Waals surface area (Å²) in [7, 11) is -4.31. The number of carbonyl (C=O) groups is 1. The molecule has 0 bridgehead atoms. The molecule has 0 spiro atoms. The maximum atomic E-state index is 11.8. The van der Waals surface area contributed by atoms with Crippen LogP contribution in [0, 0.1) is 0 Å². The molecule has 0 saturated heterocycles. The molecule has 9 heteroatoms. The van der Waals surface area contributed by atoms with Crippen molar-refractivity contribution in [2.45, 2.75) is 64.4 Å². The van der Waals surface area contributed by atoms with Gasteiger partial charge in [0.15, 0.2) is 0 Å². The van der Waals surface area contributed by atoms with Crippen LogP contribution >= 0.6 is 7.82 Å². The Morgan fingerprint density at radius 1 is 0.861 bits per heavy atom. The van der Waals surface area contributed by atoms with Gasteiger partial charge >= 0.3 is 13.8 Å². The van der Waals surface area contributed by atoms with E-state index >= 15 is 0 Å². The molecule has 8 nitrogen and oxygen atoms in total. The topological polar surface area (TPSA) is 128 Å². The fourth-order valence-electron chi connectivity index (χ4n) is 2.75. The average molecular weight is 526 g/mol. The van der Waals surface area contributed by atoms with Crippen LogP contribution < -0.4 is 5.73 Å². The molecule has 0 rings (SSSR count). The zero-order valence-corrected chi connectivity index (χ0v) is 22.3. The van der Waals surface area contributed by atoms with Crippen molar-refractivity contribution in [2.75, 3.05) is 26.4 Å².